The van der Waals surface area contributed by atoms with Crippen molar-refractivity contribution in [3.63, 3.8) is 0 Å². The molecule has 18 heavy (non-hydrogen) atoms. The molecule has 1 fully saturated rings. The number of carbonyl (C=O) groups excluding carboxylic acids is 1. The zero-order chi connectivity index (χ0) is 13.3. The summed E-state index contributed by atoms with van der Waals surface area (Å²) in [5.41, 5.74) is 1.59. The summed E-state index contributed by atoms with van der Waals surface area (Å²) >= 11 is 0. The van der Waals surface area contributed by atoms with Crippen molar-refractivity contribution in [1.29, 1.82) is 0 Å². The first-order chi connectivity index (χ1) is 8.58. The lowest BCUT2D eigenvalue weighted by Crippen LogP contribution is -2.53. The van der Waals surface area contributed by atoms with Crippen LogP contribution in [0.15, 0.2) is 6.20 Å². The predicted molar refractivity (Wildman–Crippen MR) is 68.5 cm³/mol. The van der Waals surface area contributed by atoms with Gasteiger partial charge in [0.05, 0.1) is 23.9 Å². The fraction of sp³-hybridized carbons (Fsp3) is 0.692. The average molecular weight is 251 g/mol. The highest BCUT2D eigenvalue weighted by Crippen LogP contribution is 2.21. The molecule has 0 aromatic carbocycles. The van der Waals surface area contributed by atoms with Gasteiger partial charge in [0.15, 0.2) is 0 Å². The Morgan fingerprint density at radius 2 is 2.11 bits per heavy atom. The second-order valence-corrected chi connectivity index (χ2v) is 4.92. The minimum absolute atomic E-state index is 0.0185. The molecule has 1 aromatic heterocycles. The average Bonchev–Trinajstić information content (AvgIpc) is 2.69. The lowest BCUT2D eigenvalue weighted by Gasteiger charge is -2.35. The first-order valence-electron chi connectivity index (χ1n) is 6.59. The maximum Gasteiger partial charge on any atom is 0.257 e. The number of likely N-dealkylation sites (tertiary alicyclic amines) is 1. The van der Waals surface area contributed by atoms with E-state index in [1.54, 1.807) is 11.1 Å². The number of hydrogen-bond acceptors (Lipinski definition) is 3. The molecule has 0 aliphatic carbocycles. The first kappa shape index (κ1) is 13.1. The lowest BCUT2D eigenvalue weighted by molar-refractivity contribution is 0.00582. The van der Waals surface area contributed by atoms with Crippen LogP contribution in [-0.4, -0.2) is 44.9 Å². The summed E-state index contributed by atoms with van der Waals surface area (Å²) in [5, 5.41) is 13.6. The number of aromatic nitrogens is 2. The van der Waals surface area contributed by atoms with Crippen molar-refractivity contribution in [2.24, 2.45) is 0 Å². The van der Waals surface area contributed by atoms with Crippen LogP contribution < -0.4 is 0 Å². The van der Waals surface area contributed by atoms with Crippen LogP contribution in [0.3, 0.4) is 0 Å². The quantitative estimate of drug-likeness (QED) is 0.879. The Morgan fingerprint density at radius 1 is 1.50 bits per heavy atom. The van der Waals surface area contributed by atoms with Gasteiger partial charge in [-0.3, -0.25) is 9.48 Å². The summed E-state index contributed by atoms with van der Waals surface area (Å²) in [7, 11) is 0. The molecule has 2 rings (SSSR count). The second-order valence-electron chi connectivity index (χ2n) is 4.92. The Kier molecular flexibility index (Phi) is 3.71. The van der Waals surface area contributed by atoms with E-state index < -0.39 is 0 Å². The monoisotopic (exact) mass is 251 g/mol. The molecule has 0 atom stereocenters. The van der Waals surface area contributed by atoms with Gasteiger partial charge in [0.2, 0.25) is 0 Å². The Bertz CT molecular complexity index is 431. The first-order valence-corrected chi connectivity index (χ1v) is 6.59. The van der Waals surface area contributed by atoms with E-state index in [1.165, 1.54) is 0 Å². The Labute approximate surface area is 107 Å². The van der Waals surface area contributed by atoms with E-state index in [0.717, 1.165) is 18.5 Å². The molecule has 1 aliphatic heterocycles. The number of β-amino-alcohol motifs (C(OH)–C–C–N with tert-alkyl or cyclic N) is 1. The van der Waals surface area contributed by atoms with Crippen LogP contribution in [0.4, 0.5) is 0 Å². The molecule has 2 heterocycles. The maximum atomic E-state index is 12.2. The molecule has 100 valence electrons. The summed E-state index contributed by atoms with van der Waals surface area (Å²) in [5.74, 6) is -0.0185. The van der Waals surface area contributed by atoms with Gasteiger partial charge in [-0.05, 0) is 19.8 Å². The molecule has 1 saturated heterocycles. The Hall–Kier alpha value is -1.36. The highest BCUT2D eigenvalue weighted by atomic mass is 16.3. The van der Waals surface area contributed by atoms with Crippen molar-refractivity contribution in [1.82, 2.24) is 14.7 Å². The van der Waals surface area contributed by atoms with Crippen molar-refractivity contribution in [2.75, 3.05) is 13.1 Å². The molecule has 0 spiro atoms. The van der Waals surface area contributed by atoms with Gasteiger partial charge in [-0.2, -0.15) is 5.10 Å². The van der Waals surface area contributed by atoms with E-state index in [-0.39, 0.29) is 12.0 Å². The smallest absolute Gasteiger partial charge is 0.257 e. The SMILES string of the molecule is CCC(CC)n1ncc(C(=O)N2CC(O)C2)c1C. The van der Waals surface area contributed by atoms with Gasteiger partial charge in [-0.15, -0.1) is 0 Å². The molecular weight excluding hydrogens is 230 g/mol. The van der Waals surface area contributed by atoms with Crippen molar-refractivity contribution in [2.45, 2.75) is 45.8 Å². The van der Waals surface area contributed by atoms with Gasteiger partial charge in [0, 0.05) is 18.8 Å². The number of hydrogen-bond donors (Lipinski definition) is 1. The number of carbonyl (C=O) groups is 1. The zero-order valence-corrected chi connectivity index (χ0v) is 11.3. The van der Waals surface area contributed by atoms with Crippen LogP contribution in [0, 0.1) is 6.92 Å². The fourth-order valence-corrected chi connectivity index (χ4v) is 2.43. The topological polar surface area (TPSA) is 58.4 Å². The Morgan fingerprint density at radius 3 is 2.61 bits per heavy atom. The molecule has 0 radical (unpaired) electrons. The maximum absolute atomic E-state index is 12.2. The minimum atomic E-state index is -0.358. The molecule has 0 unspecified atom stereocenters. The van der Waals surface area contributed by atoms with E-state index in [9.17, 15) is 9.90 Å². The third kappa shape index (κ3) is 2.14. The molecule has 1 aromatic rings. The van der Waals surface area contributed by atoms with Crippen molar-refractivity contribution in [3.05, 3.63) is 17.5 Å². The highest BCUT2D eigenvalue weighted by molar-refractivity contribution is 5.95. The summed E-state index contributed by atoms with van der Waals surface area (Å²) in [6.07, 6.45) is 3.31. The lowest BCUT2D eigenvalue weighted by atomic mass is 10.1. The van der Waals surface area contributed by atoms with Gasteiger partial charge in [-0.25, -0.2) is 0 Å². The number of rotatable bonds is 4. The molecule has 1 N–H and O–H groups in total. The predicted octanol–water partition coefficient (Wildman–Crippen LogP) is 1.37. The Balaban J connectivity index is 2.17. The molecule has 5 nitrogen and oxygen atoms in total. The third-order valence-electron chi connectivity index (χ3n) is 3.71. The second kappa shape index (κ2) is 5.10. The van der Waals surface area contributed by atoms with Crippen LogP contribution in [0.2, 0.25) is 0 Å². The molecule has 0 saturated carbocycles. The van der Waals surface area contributed by atoms with E-state index >= 15 is 0 Å². The number of amides is 1. The standard InChI is InChI=1S/C13H21N3O2/c1-4-10(5-2)16-9(3)12(6-14-16)13(18)15-7-11(17)8-15/h6,10-11,17H,4-5,7-8H2,1-3H3. The van der Waals surface area contributed by atoms with Crippen LogP contribution in [-0.2, 0) is 0 Å². The fourth-order valence-electron chi connectivity index (χ4n) is 2.43. The summed E-state index contributed by atoms with van der Waals surface area (Å²) in [6.45, 7) is 7.07. The summed E-state index contributed by atoms with van der Waals surface area (Å²) < 4.78 is 1.95. The van der Waals surface area contributed by atoms with E-state index in [4.69, 9.17) is 0 Å². The molecular formula is C13H21N3O2. The van der Waals surface area contributed by atoms with Gasteiger partial charge in [-0.1, -0.05) is 13.8 Å². The van der Waals surface area contributed by atoms with E-state index in [0.29, 0.717) is 24.7 Å². The molecule has 5 heteroatoms. The van der Waals surface area contributed by atoms with Crippen LogP contribution in [0.1, 0.15) is 48.8 Å². The normalized spacial score (nSPS) is 16.2. The van der Waals surface area contributed by atoms with Crippen molar-refractivity contribution in [3.8, 4) is 0 Å². The van der Waals surface area contributed by atoms with E-state index in [2.05, 4.69) is 18.9 Å². The van der Waals surface area contributed by atoms with Gasteiger partial charge in [0.1, 0.15) is 0 Å². The molecule has 1 aliphatic rings. The van der Waals surface area contributed by atoms with E-state index in [1.807, 2.05) is 11.6 Å². The zero-order valence-electron chi connectivity index (χ0n) is 11.3. The summed E-state index contributed by atoms with van der Waals surface area (Å²) in [4.78, 5) is 13.8. The largest absolute Gasteiger partial charge is 0.389 e. The van der Waals surface area contributed by atoms with Gasteiger partial charge in [0.25, 0.3) is 5.91 Å². The third-order valence-corrected chi connectivity index (χ3v) is 3.71. The minimum Gasteiger partial charge on any atom is -0.389 e. The summed E-state index contributed by atoms with van der Waals surface area (Å²) in [6, 6.07) is 0.355. The van der Waals surface area contributed by atoms with Crippen LogP contribution >= 0.6 is 0 Å². The number of nitrogens with zero attached hydrogens (tertiary/aromatic N) is 3. The van der Waals surface area contributed by atoms with Crippen molar-refractivity contribution >= 4 is 5.91 Å². The number of aliphatic hydroxyl groups excluding tert-OH is 1. The molecule has 1 amide bonds. The van der Waals surface area contributed by atoms with Gasteiger partial charge >= 0.3 is 0 Å². The van der Waals surface area contributed by atoms with Crippen molar-refractivity contribution < 1.29 is 9.90 Å². The van der Waals surface area contributed by atoms with Crippen LogP contribution in [0.25, 0.3) is 0 Å². The highest BCUT2D eigenvalue weighted by Gasteiger charge is 2.31. The van der Waals surface area contributed by atoms with Crippen LogP contribution in [0.5, 0.6) is 0 Å². The number of aliphatic hydroxyl groups is 1. The molecule has 0 bridgehead atoms. The van der Waals surface area contributed by atoms with Gasteiger partial charge < -0.3 is 10.0 Å².